The molecule has 2 saturated heterocycles. The molecule has 4 fully saturated rings. The molecule has 2 aliphatic heterocycles. The predicted octanol–water partition coefficient (Wildman–Crippen LogP) is -0.975. The Kier molecular flexibility index (Phi) is 9.26. The number of amides is 6. The van der Waals surface area contributed by atoms with Gasteiger partial charge in [0, 0.05) is 45.1 Å². The van der Waals surface area contributed by atoms with Gasteiger partial charge >= 0.3 is 6.03 Å². The van der Waals surface area contributed by atoms with Gasteiger partial charge in [-0.05, 0) is 42.1 Å². The lowest BCUT2D eigenvalue weighted by Gasteiger charge is -2.37. The Balaban J connectivity index is 1.16. The van der Waals surface area contributed by atoms with Gasteiger partial charge in [0.15, 0.2) is 0 Å². The molecular formula is C30H43N9O6. The number of urea groups is 1. The second kappa shape index (κ2) is 13.0. The van der Waals surface area contributed by atoms with Crippen LogP contribution >= 0.6 is 0 Å². The number of fused-ring (bicyclic) bond motifs is 1. The summed E-state index contributed by atoms with van der Waals surface area (Å²) in [6.45, 7) is 7.56. The quantitative estimate of drug-likeness (QED) is 0.223. The second-order valence-corrected chi connectivity index (χ2v) is 13.6. The lowest BCUT2D eigenvalue weighted by Crippen LogP contribution is -2.61. The van der Waals surface area contributed by atoms with E-state index in [2.05, 4.69) is 25.9 Å². The summed E-state index contributed by atoms with van der Waals surface area (Å²) in [6.07, 6.45) is 6.29. The number of hydrogen-bond donors (Lipinski definition) is 4. The highest BCUT2D eigenvalue weighted by Crippen LogP contribution is 2.50. The van der Waals surface area contributed by atoms with Gasteiger partial charge in [0.1, 0.15) is 12.1 Å². The van der Waals surface area contributed by atoms with Crippen molar-refractivity contribution in [1.29, 1.82) is 0 Å². The normalized spacial score (nSPS) is 23.8. The topological polar surface area (TPSA) is 200 Å². The van der Waals surface area contributed by atoms with Crippen LogP contribution in [-0.4, -0.2) is 113 Å². The molecule has 0 spiro atoms. The Morgan fingerprint density at radius 3 is 2.27 bits per heavy atom. The van der Waals surface area contributed by atoms with E-state index in [1.165, 1.54) is 4.90 Å². The fourth-order valence-electron chi connectivity index (χ4n) is 6.25. The third-order valence-electron chi connectivity index (χ3n) is 9.10. The molecule has 1 aromatic heterocycles. The number of nitrogens with zero attached hydrogens (tertiary/aromatic N) is 5. The summed E-state index contributed by atoms with van der Waals surface area (Å²) in [6, 6.07) is -1.77. The van der Waals surface area contributed by atoms with E-state index in [-0.39, 0.29) is 30.2 Å². The van der Waals surface area contributed by atoms with Crippen molar-refractivity contribution < 1.29 is 28.8 Å². The summed E-state index contributed by atoms with van der Waals surface area (Å²) in [7, 11) is 0. The maximum atomic E-state index is 13.9. The summed E-state index contributed by atoms with van der Waals surface area (Å²) in [4.78, 5) is 90.9. The Bertz CT molecular complexity index is 1320. The first-order valence-electron chi connectivity index (χ1n) is 15.6. The molecule has 0 aromatic carbocycles. The Labute approximate surface area is 262 Å². The molecule has 3 heterocycles. The molecule has 0 bridgehead atoms. The van der Waals surface area contributed by atoms with Crippen molar-refractivity contribution in [2.45, 2.75) is 64.6 Å². The van der Waals surface area contributed by atoms with E-state index in [9.17, 15) is 28.8 Å². The van der Waals surface area contributed by atoms with Crippen LogP contribution in [0.1, 0.15) is 46.5 Å². The molecule has 2 saturated carbocycles. The van der Waals surface area contributed by atoms with Crippen molar-refractivity contribution in [3.8, 4) is 0 Å². The zero-order valence-corrected chi connectivity index (χ0v) is 26.0. The van der Waals surface area contributed by atoms with Crippen molar-refractivity contribution in [2.24, 2.45) is 28.9 Å². The average molecular weight is 626 g/mol. The summed E-state index contributed by atoms with van der Waals surface area (Å²) < 4.78 is 0. The lowest BCUT2D eigenvalue weighted by molar-refractivity contribution is -0.144. The number of piperazine rings is 1. The average Bonchev–Trinajstić information content (AvgIpc) is 3.95. The molecule has 5 N–H and O–H groups in total. The van der Waals surface area contributed by atoms with Gasteiger partial charge in [0.2, 0.25) is 29.5 Å². The van der Waals surface area contributed by atoms with Crippen LogP contribution in [-0.2, 0) is 24.0 Å². The van der Waals surface area contributed by atoms with E-state index in [1.54, 1.807) is 44.1 Å². The van der Waals surface area contributed by atoms with Crippen molar-refractivity contribution in [1.82, 2.24) is 35.7 Å². The highest BCUT2D eigenvalue weighted by atomic mass is 16.2. The van der Waals surface area contributed by atoms with Crippen LogP contribution in [0.5, 0.6) is 0 Å². The molecular weight excluding hydrogens is 582 g/mol. The summed E-state index contributed by atoms with van der Waals surface area (Å²) in [5.74, 6) is -2.15. The third kappa shape index (κ3) is 7.68. The highest BCUT2D eigenvalue weighted by Gasteiger charge is 2.58. The summed E-state index contributed by atoms with van der Waals surface area (Å²) >= 11 is 0. The number of carbonyl (C=O) groups excluding carboxylic acids is 6. The molecule has 1 aromatic rings. The van der Waals surface area contributed by atoms with Crippen LogP contribution in [0, 0.1) is 23.2 Å². The smallest absolute Gasteiger partial charge is 0.315 e. The van der Waals surface area contributed by atoms with Gasteiger partial charge in [-0.2, -0.15) is 0 Å². The zero-order valence-electron chi connectivity index (χ0n) is 26.0. The molecule has 45 heavy (non-hydrogen) atoms. The Hall–Kier alpha value is -4.30. The predicted molar refractivity (Wildman–Crippen MR) is 161 cm³/mol. The van der Waals surface area contributed by atoms with E-state index in [4.69, 9.17) is 5.73 Å². The van der Waals surface area contributed by atoms with E-state index in [1.807, 2.05) is 4.90 Å². The van der Waals surface area contributed by atoms with E-state index in [0.717, 1.165) is 19.3 Å². The molecule has 5 rings (SSSR count). The molecule has 4 aliphatic rings. The number of likely N-dealkylation sites (tertiary alicyclic amines) is 1. The Morgan fingerprint density at radius 2 is 1.67 bits per heavy atom. The number of anilines is 1. The number of rotatable bonds is 11. The van der Waals surface area contributed by atoms with Crippen LogP contribution in [0.15, 0.2) is 18.5 Å². The number of ketones is 1. The van der Waals surface area contributed by atoms with Gasteiger partial charge in [-0.25, -0.2) is 14.8 Å². The number of piperidine rings is 1. The van der Waals surface area contributed by atoms with E-state index in [0.29, 0.717) is 45.1 Å². The van der Waals surface area contributed by atoms with Gasteiger partial charge in [0.25, 0.3) is 5.91 Å². The maximum Gasteiger partial charge on any atom is 0.315 e. The molecule has 5 atom stereocenters. The first kappa shape index (κ1) is 32.1. The van der Waals surface area contributed by atoms with Crippen LogP contribution in [0.25, 0.3) is 0 Å². The number of hydrogen-bond acceptors (Lipinski definition) is 9. The molecule has 2 aliphatic carbocycles. The standard InChI is InChI=1S/C30H43N9O6/c1-30(2,3)24(36-29(45)34-15-21(40)37-9-11-38(12-10-37)28-32-7-4-8-33-28)27(44)39-16-18-14-19(18)22(39)26(43)35-20(13-17-5-6-17)23(41)25(31)42/h4,7-8,17-20,22,24H,5-6,9-16H2,1-3H3,(H2,31,42)(H,35,43)(H2,34,36,45)/t18-,19-,20?,22-,24+/m0/s1. The van der Waals surface area contributed by atoms with Crippen LogP contribution in [0.4, 0.5) is 10.7 Å². The fraction of sp³-hybridized carbons (Fsp3) is 0.667. The largest absolute Gasteiger partial charge is 0.363 e. The molecule has 244 valence electrons. The third-order valence-corrected chi connectivity index (χ3v) is 9.10. The number of aromatic nitrogens is 2. The molecule has 6 amide bonds. The maximum absolute atomic E-state index is 13.9. The number of nitrogens with one attached hydrogen (secondary N) is 3. The van der Waals surface area contributed by atoms with Gasteiger partial charge in [-0.1, -0.05) is 33.6 Å². The number of nitrogens with two attached hydrogens (primary N) is 1. The van der Waals surface area contributed by atoms with Gasteiger partial charge in [-0.3, -0.25) is 24.0 Å². The summed E-state index contributed by atoms with van der Waals surface area (Å²) in [5, 5.41) is 8.03. The first-order chi connectivity index (χ1) is 21.3. The van der Waals surface area contributed by atoms with E-state index < -0.39 is 53.1 Å². The van der Waals surface area contributed by atoms with Gasteiger partial charge < -0.3 is 36.4 Å². The lowest BCUT2D eigenvalue weighted by atomic mass is 9.85. The minimum atomic E-state index is -1.10. The Morgan fingerprint density at radius 1 is 1.00 bits per heavy atom. The fourth-order valence-corrected chi connectivity index (χ4v) is 6.25. The van der Waals surface area contributed by atoms with Crippen LogP contribution in [0.2, 0.25) is 0 Å². The van der Waals surface area contributed by atoms with Crippen molar-refractivity contribution in [2.75, 3.05) is 44.2 Å². The highest BCUT2D eigenvalue weighted by molar-refractivity contribution is 6.37. The van der Waals surface area contributed by atoms with Crippen LogP contribution < -0.4 is 26.6 Å². The molecule has 15 nitrogen and oxygen atoms in total. The molecule has 1 unspecified atom stereocenters. The first-order valence-corrected chi connectivity index (χ1v) is 15.6. The number of Topliss-reactive ketones (excluding diaryl/α,β-unsaturated/α-hetero) is 1. The minimum absolute atomic E-state index is 0.0554. The SMILES string of the molecule is CC(C)(C)[C@H](NC(=O)NCC(=O)N1CCN(c2ncccn2)CC1)C(=O)N1C[C@@H]2C[C@@H]2[C@H]1C(=O)NC(CC1CC1)C(=O)C(N)=O. The van der Waals surface area contributed by atoms with E-state index >= 15 is 0 Å². The monoisotopic (exact) mass is 625 g/mol. The number of primary amides is 1. The zero-order chi connectivity index (χ0) is 32.5. The second-order valence-electron chi connectivity index (χ2n) is 13.6. The van der Waals surface area contributed by atoms with Crippen molar-refractivity contribution in [3.05, 3.63) is 18.5 Å². The van der Waals surface area contributed by atoms with Gasteiger partial charge in [-0.15, -0.1) is 0 Å². The van der Waals surface area contributed by atoms with Gasteiger partial charge in [0.05, 0.1) is 12.6 Å². The van der Waals surface area contributed by atoms with Crippen molar-refractivity contribution in [3.63, 3.8) is 0 Å². The molecule has 0 radical (unpaired) electrons. The van der Waals surface area contributed by atoms with Crippen LogP contribution in [0.3, 0.4) is 0 Å². The molecule has 15 heteroatoms. The number of carbonyl (C=O) groups is 6. The summed E-state index contributed by atoms with van der Waals surface area (Å²) in [5.41, 5.74) is 4.52. The minimum Gasteiger partial charge on any atom is -0.363 e. The van der Waals surface area contributed by atoms with Crippen molar-refractivity contribution >= 4 is 41.4 Å².